The Morgan fingerprint density at radius 3 is 2.17 bits per heavy atom. The van der Waals surface area contributed by atoms with E-state index >= 15 is 0 Å². The molecule has 5 heteroatoms. The molecule has 2 rings (SSSR count). The molecule has 0 radical (unpaired) electrons. The number of hydrogen-bond donors (Lipinski definition) is 1. The van der Waals surface area contributed by atoms with Gasteiger partial charge in [0.1, 0.15) is 0 Å². The molecular weight excluding hydrogens is 349 g/mol. The summed E-state index contributed by atoms with van der Waals surface area (Å²) < 4.78 is 0. The summed E-state index contributed by atoms with van der Waals surface area (Å²) in [6, 6.07) is 15.3. The highest BCUT2D eigenvalue weighted by atomic mass is 35.5. The molecule has 1 amide bonds. The first-order valence-electron chi connectivity index (χ1n) is 7.53. The van der Waals surface area contributed by atoms with Gasteiger partial charge in [0.25, 0.3) is 0 Å². The second kappa shape index (κ2) is 9.21. The monoisotopic (exact) mass is 367 g/mol. The van der Waals surface area contributed by atoms with Crippen molar-refractivity contribution < 1.29 is 4.79 Å². The Morgan fingerprint density at radius 1 is 1.04 bits per heavy atom. The number of hydrogen-bond acceptors (Lipinski definition) is 2. The van der Waals surface area contributed by atoms with Crippen molar-refractivity contribution in [2.45, 2.75) is 29.9 Å². The molecule has 0 unspecified atom stereocenters. The molecule has 0 saturated carbocycles. The second-order valence-electron chi connectivity index (χ2n) is 5.14. The maximum atomic E-state index is 12.3. The maximum Gasteiger partial charge on any atom is 0.233 e. The third-order valence-electron chi connectivity index (χ3n) is 3.38. The summed E-state index contributed by atoms with van der Waals surface area (Å²) in [5.74, 6) is 0.0708. The first-order chi connectivity index (χ1) is 11.1. The average molecular weight is 368 g/mol. The largest absolute Gasteiger partial charge is 0.355 e. The fourth-order valence-electron chi connectivity index (χ4n) is 2.09. The summed E-state index contributed by atoms with van der Waals surface area (Å²) in [7, 11) is 0. The van der Waals surface area contributed by atoms with Crippen LogP contribution < -0.4 is 5.32 Å². The summed E-state index contributed by atoms with van der Waals surface area (Å²) in [6.45, 7) is 2.64. The van der Waals surface area contributed by atoms with Crippen LogP contribution in [-0.2, 0) is 11.2 Å². The summed E-state index contributed by atoms with van der Waals surface area (Å²) >= 11 is 13.3. The van der Waals surface area contributed by atoms with E-state index in [-0.39, 0.29) is 11.2 Å². The standard InChI is InChI=1S/C18H19Cl2NOS/c1-2-17(23-16-9-7-15(20)8-10-16)18(22)21-12-11-13-3-5-14(19)6-4-13/h3-10,17H,2,11-12H2,1H3,(H,21,22)/t17-/m0/s1. The normalized spacial score (nSPS) is 12.0. The fraction of sp³-hybridized carbons (Fsp3) is 0.278. The van der Waals surface area contributed by atoms with Crippen LogP contribution in [0, 0.1) is 0 Å². The highest BCUT2D eigenvalue weighted by molar-refractivity contribution is 8.00. The zero-order valence-corrected chi connectivity index (χ0v) is 15.2. The lowest BCUT2D eigenvalue weighted by Gasteiger charge is -2.15. The number of carbonyl (C=O) groups is 1. The Morgan fingerprint density at radius 2 is 1.61 bits per heavy atom. The van der Waals surface area contributed by atoms with E-state index in [0.29, 0.717) is 11.6 Å². The Bertz CT molecular complexity index is 628. The van der Waals surface area contributed by atoms with Crippen molar-refractivity contribution in [3.8, 4) is 0 Å². The van der Waals surface area contributed by atoms with Gasteiger partial charge in [-0.2, -0.15) is 0 Å². The molecule has 0 aliphatic rings. The van der Waals surface area contributed by atoms with Crippen LogP contribution >= 0.6 is 35.0 Å². The molecule has 23 heavy (non-hydrogen) atoms. The molecule has 0 aromatic heterocycles. The molecule has 122 valence electrons. The van der Waals surface area contributed by atoms with Gasteiger partial charge < -0.3 is 5.32 Å². The van der Waals surface area contributed by atoms with Crippen molar-refractivity contribution in [3.63, 3.8) is 0 Å². The zero-order chi connectivity index (χ0) is 16.7. The van der Waals surface area contributed by atoms with Crippen molar-refractivity contribution in [1.29, 1.82) is 0 Å². The van der Waals surface area contributed by atoms with E-state index in [2.05, 4.69) is 5.32 Å². The van der Waals surface area contributed by atoms with E-state index in [4.69, 9.17) is 23.2 Å². The van der Waals surface area contributed by atoms with Gasteiger partial charge in [0.05, 0.1) is 5.25 Å². The number of nitrogens with one attached hydrogen (secondary N) is 1. The first kappa shape index (κ1) is 18.2. The van der Waals surface area contributed by atoms with E-state index in [9.17, 15) is 4.79 Å². The zero-order valence-electron chi connectivity index (χ0n) is 12.9. The molecule has 1 N–H and O–H groups in total. The quantitative estimate of drug-likeness (QED) is 0.679. The number of halogens is 2. The summed E-state index contributed by atoms with van der Waals surface area (Å²) in [5.41, 5.74) is 1.16. The van der Waals surface area contributed by atoms with E-state index in [0.717, 1.165) is 28.3 Å². The van der Waals surface area contributed by atoms with Gasteiger partial charge in [0.15, 0.2) is 0 Å². The van der Waals surface area contributed by atoms with Gasteiger partial charge in [0, 0.05) is 21.5 Å². The number of benzene rings is 2. The molecule has 2 aromatic rings. The molecule has 0 bridgehead atoms. The minimum Gasteiger partial charge on any atom is -0.355 e. The van der Waals surface area contributed by atoms with Gasteiger partial charge in [-0.05, 0) is 54.8 Å². The predicted octanol–water partition coefficient (Wildman–Crippen LogP) is 5.22. The van der Waals surface area contributed by atoms with Gasteiger partial charge in [0.2, 0.25) is 5.91 Å². The van der Waals surface area contributed by atoms with Gasteiger partial charge in [-0.3, -0.25) is 4.79 Å². The molecular formula is C18H19Cl2NOS. The Balaban J connectivity index is 1.82. The molecule has 0 heterocycles. The third kappa shape index (κ3) is 6.09. The molecule has 0 fully saturated rings. The van der Waals surface area contributed by atoms with E-state index in [1.165, 1.54) is 0 Å². The molecule has 0 aliphatic heterocycles. The molecule has 0 saturated heterocycles. The van der Waals surface area contributed by atoms with E-state index < -0.39 is 0 Å². The highest BCUT2D eigenvalue weighted by Gasteiger charge is 2.17. The lowest BCUT2D eigenvalue weighted by molar-refractivity contribution is -0.120. The first-order valence-corrected chi connectivity index (χ1v) is 9.16. The fourth-order valence-corrected chi connectivity index (χ4v) is 3.33. The third-order valence-corrected chi connectivity index (χ3v) is 5.26. The average Bonchev–Trinajstić information content (AvgIpc) is 2.56. The van der Waals surface area contributed by atoms with Crippen molar-refractivity contribution in [3.05, 3.63) is 64.1 Å². The molecule has 2 nitrogen and oxygen atoms in total. The van der Waals surface area contributed by atoms with Gasteiger partial charge >= 0.3 is 0 Å². The topological polar surface area (TPSA) is 29.1 Å². The van der Waals surface area contributed by atoms with Crippen LogP contribution in [0.5, 0.6) is 0 Å². The van der Waals surface area contributed by atoms with Crippen LogP contribution in [0.15, 0.2) is 53.4 Å². The van der Waals surface area contributed by atoms with Crippen LogP contribution in [0.2, 0.25) is 10.0 Å². The van der Waals surface area contributed by atoms with Gasteiger partial charge in [-0.25, -0.2) is 0 Å². The summed E-state index contributed by atoms with van der Waals surface area (Å²) in [4.78, 5) is 13.4. The predicted molar refractivity (Wildman–Crippen MR) is 99.6 cm³/mol. The van der Waals surface area contributed by atoms with Crippen LogP contribution in [-0.4, -0.2) is 17.7 Å². The van der Waals surface area contributed by atoms with E-state index in [1.54, 1.807) is 11.8 Å². The lowest BCUT2D eigenvalue weighted by Crippen LogP contribution is -2.33. The van der Waals surface area contributed by atoms with E-state index in [1.807, 2.05) is 55.5 Å². The Kier molecular flexibility index (Phi) is 7.28. The van der Waals surface area contributed by atoms with Crippen molar-refractivity contribution in [2.24, 2.45) is 0 Å². The second-order valence-corrected chi connectivity index (χ2v) is 7.29. The smallest absolute Gasteiger partial charge is 0.233 e. The van der Waals surface area contributed by atoms with Crippen LogP contribution in [0.1, 0.15) is 18.9 Å². The SMILES string of the molecule is CC[C@H](Sc1ccc(Cl)cc1)C(=O)NCCc1ccc(Cl)cc1. The molecule has 0 spiro atoms. The minimum atomic E-state index is -0.0959. The lowest BCUT2D eigenvalue weighted by atomic mass is 10.1. The number of rotatable bonds is 7. The number of carbonyl (C=O) groups excluding carboxylic acids is 1. The van der Waals surface area contributed by atoms with Crippen molar-refractivity contribution in [1.82, 2.24) is 5.32 Å². The summed E-state index contributed by atoms with van der Waals surface area (Å²) in [6.07, 6.45) is 1.57. The van der Waals surface area contributed by atoms with Crippen LogP contribution in [0.3, 0.4) is 0 Å². The van der Waals surface area contributed by atoms with Gasteiger partial charge in [-0.15, -0.1) is 11.8 Å². The van der Waals surface area contributed by atoms with Crippen molar-refractivity contribution in [2.75, 3.05) is 6.54 Å². The number of amides is 1. The Hall–Kier alpha value is -1.16. The number of thioether (sulfide) groups is 1. The minimum absolute atomic E-state index is 0.0708. The molecule has 1 atom stereocenters. The molecule has 2 aromatic carbocycles. The van der Waals surface area contributed by atoms with Crippen LogP contribution in [0.25, 0.3) is 0 Å². The maximum absolute atomic E-state index is 12.3. The van der Waals surface area contributed by atoms with Gasteiger partial charge in [-0.1, -0.05) is 42.3 Å². The summed E-state index contributed by atoms with van der Waals surface area (Å²) in [5, 5.41) is 4.34. The Labute approximate surface area is 151 Å². The van der Waals surface area contributed by atoms with Crippen LogP contribution in [0.4, 0.5) is 0 Å². The highest BCUT2D eigenvalue weighted by Crippen LogP contribution is 2.26. The van der Waals surface area contributed by atoms with Crippen molar-refractivity contribution >= 4 is 40.9 Å². The molecule has 0 aliphatic carbocycles.